The quantitative estimate of drug-likeness (QED) is 0.307. The molecular weight excluding hydrogens is 536 g/mol. The van der Waals surface area contributed by atoms with Gasteiger partial charge in [0, 0.05) is 11.4 Å². The number of hydrogen-bond donors (Lipinski definition) is 1. The van der Waals surface area contributed by atoms with Gasteiger partial charge in [0.1, 0.15) is 23.0 Å². The number of carbonyl (C=O) groups excluding carboxylic acids is 3. The molecule has 1 N–H and O–H groups in total. The van der Waals surface area contributed by atoms with Crippen LogP contribution < -0.4 is 19.7 Å². The summed E-state index contributed by atoms with van der Waals surface area (Å²) in [5, 5.41) is 4.90. The summed E-state index contributed by atoms with van der Waals surface area (Å²) in [7, 11) is 3.02. The summed E-state index contributed by atoms with van der Waals surface area (Å²) >= 11 is 1.33. The van der Waals surface area contributed by atoms with Gasteiger partial charge in [0.25, 0.3) is 0 Å². The van der Waals surface area contributed by atoms with Gasteiger partial charge in [-0.25, -0.2) is 0 Å². The number of benzene rings is 3. The number of rotatable bonds is 6. The molecule has 1 fully saturated rings. The lowest BCUT2D eigenvalue weighted by Crippen LogP contribution is -2.51. The smallest absolute Gasteiger partial charge is 0.238 e. The third-order valence-electron chi connectivity index (χ3n) is 8.53. The minimum Gasteiger partial charge on any atom is -0.497 e. The fraction of sp³-hybridized carbons (Fsp3) is 0.182. The van der Waals surface area contributed by atoms with Crippen molar-refractivity contribution in [3.63, 3.8) is 0 Å². The maximum Gasteiger partial charge on any atom is 0.238 e. The molecule has 7 rings (SSSR count). The van der Waals surface area contributed by atoms with Crippen molar-refractivity contribution >= 4 is 46.3 Å². The first kappa shape index (κ1) is 25.3. The number of fused-ring (bicyclic) bond motifs is 6. The molecule has 1 spiro atoms. The van der Waals surface area contributed by atoms with Crippen LogP contribution in [0.1, 0.15) is 31.2 Å². The summed E-state index contributed by atoms with van der Waals surface area (Å²) in [5.74, 6) is -1.13. The summed E-state index contributed by atoms with van der Waals surface area (Å²) in [6.07, 6.45) is 3.95. The van der Waals surface area contributed by atoms with E-state index in [1.165, 1.54) is 25.6 Å². The molecule has 0 bridgehead atoms. The molecule has 3 aliphatic rings. The number of nitrogens with zero attached hydrogens (tertiary/aromatic N) is 1. The highest BCUT2D eigenvalue weighted by atomic mass is 32.1. The normalized spacial score (nSPS) is 23.5. The van der Waals surface area contributed by atoms with E-state index in [0.29, 0.717) is 27.6 Å². The van der Waals surface area contributed by atoms with Gasteiger partial charge >= 0.3 is 0 Å². The maximum absolute atomic E-state index is 15.0. The van der Waals surface area contributed by atoms with Crippen LogP contribution in [0.15, 0.2) is 90.3 Å². The summed E-state index contributed by atoms with van der Waals surface area (Å²) in [6.45, 7) is 0. The van der Waals surface area contributed by atoms with Gasteiger partial charge < -0.3 is 19.7 Å². The van der Waals surface area contributed by atoms with E-state index in [9.17, 15) is 9.59 Å². The monoisotopic (exact) mass is 562 g/mol. The van der Waals surface area contributed by atoms with Gasteiger partial charge in [-0.1, -0.05) is 54.6 Å². The Morgan fingerprint density at radius 2 is 1.73 bits per heavy atom. The lowest BCUT2D eigenvalue weighted by atomic mass is 9.64. The molecule has 204 valence electrons. The Balaban J connectivity index is 1.55. The number of para-hydroxylation sites is 2. The van der Waals surface area contributed by atoms with Gasteiger partial charge in [-0.3, -0.25) is 14.4 Å². The SMILES string of the molecule is COc1ccc(OC)c(C(=O)[C@@H]2[C@H](C(=O)c3cccs3)N3c4ccccc4C=C[C@H]3[C@]23C(=O)Nc2ccccc23)c1. The van der Waals surface area contributed by atoms with E-state index in [4.69, 9.17) is 9.47 Å². The highest BCUT2D eigenvalue weighted by Gasteiger charge is 2.70. The van der Waals surface area contributed by atoms with E-state index >= 15 is 4.79 Å². The van der Waals surface area contributed by atoms with Crippen LogP contribution in [0, 0.1) is 5.92 Å². The highest BCUT2D eigenvalue weighted by molar-refractivity contribution is 7.12. The van der Waals surface area contributed by atoms with Crippen LogP contribution in [0.25, 0.3) is 6.08 Å². The molecule has 0 radical (unpaired) electrons. The van der Waals surface area contributed by atoms with Gasteiger partial charge in [0.15, 0.2) is 11.6 Å². The lowest BCUT2D eigenvalue weighted by Gasteiger charge is -2.37. The molecule has 1 saturated heterocycles. The predicted octanol–water partition coefficient (Wildman–Crippen LogP) is 5.62. The number of carbonyl (C=O) groups is 3. The Kier molecular flexibility index (Phi) is 5.83. The van der Waals surface area contributed by atoms with Crippen molar-refractivity contribution in [2.24, 2.45) is 5.92 Å². The Hall–Kier alpha value is -4.69. The van der Waals surface area contributed by atoms with E-state index in [1.807, 2.05) is 77.0 Å². The van der Waals surface area contributed by atoms with E-state index in [0.717, 1.165) is 11.3 Å². The Morgan fingerprint density at radius 1 is 0.927 bits per heavy atom. The average molecular weight is 563 g/mol. The molecule has 1 aromatic heterocycles. The van der Waals surface area contributed by atoms with Crippen LogP contribution >= 0.6 is 11.3 Å². The van der Waals surface area contributed by atoms with Gasteiger partial charge in [-0.15, -0.1) is 11.3 Å². The minimum atomic E-state index is -1.39. The zero-order chi connectivity index (χ0) is 28.3. The van der Waals surface area contributed by atoms with Gasteiger partial charge in [-0.05, 0) is 52.9 Å². The van der Waals surface area contributed by atoms with Crippen molar-refractivity contribution in [1.29, 1.82) is 0 Å². The van der Waals surface area contributed by atoms with E-state index in [1.54, 1.807) is 24.3 Å². The van der Waals surface area contributed by atoms with Crippen LogP contribution in [0.4, 0.5) is 11.4 Å². The van der Waals surface area contributed by atoms with Crippen molar-refractivity contribution < 1.29 is 23.9 Å². The second-order valence-electron chi connectivity index (χ2n) is 10.3. The van der Waals surface area contributed by atoms with Crippen molar-refractivity contribution in [2.75, 3.05) is 24.4 Å². The zero-order valence-corrected chi connectivity index (χ0v) is 23.2. The number of hydrogen-bond acceptors (Lipinski definition) is 7. The molecule has 0 unspecified atom stereocenters. The zero-order valence-electron chi connectivity index (χ0n) is 22.4. The third kappa shape index (κ3) is 3.47. The van der Waals surface area contributed by atoms with Gasteiger partial charge in [0.2, 0.25) is 5.91 Å². The van der Waals surface area contributed by atoms with Crippen molar-refractivity contribution in [3.8, 4) is 11.5 Å². The molecule has 0 saturated carbocycles. The molecule has 8 heteroatoms. The lowest BCUT2D eigenvalue weighted by molar-refractivity contribution is -0.121. The molecule has 1 amide bonds. The number of thiophene rings is 1. The van der Waals surface area contributed by atoms with Crippen LogP contribution in [0.3, 0.4) is 0 Å². The summed E-state index contributed by atoms with van der Waals surface area (Å²) in [4.78, 5) is 46.5. The van der Waals surface area contributed by atoms with Crippen LogP contribution in [-0.4, -0.2) is 43.8 Å². The predicted molar refractivity (Wildman–Crippen MR) is 158 cm³/mol. The molecule has 0 aliphatic carbocycles. The number of methoxy groups -OCH3 is 2. The molecule has 4 heterocycles. The topological polar surface area (TPSA) is 84.9 Å². The molecule has 4 atom stereocenters. The summed E-state index contributed by atoms with van der Waals surface area (Å²) < 4.78 is 11.1. The molecule has 3 aliphatic heterocycles. The van der Waals surface area contributed by atoms with Gasteiger partial charge in [0.05, 0.1) is 36.6 Å². The van der Waals surface area contributed by atoms with Crippen molar-refractivity contribution in [2.45, 2.75) is 17.5 Å². The molecule has 41 heavy (non-hydrogen) atoms. The summed E-state index contributed by atoms with van der Waals surface area (Å²) in [5.41, 5.74) is 1.94. The Bertz CT molecular complexity index is 1750. The van der Waals surface area contributed by atoms with E-state index in [-0.39, 0.29) is 23.0 Å². The molecule has 7 nitrogen and oxygen atoms in total. The van der Waals surface area contributed by atoms with Crippen LogP contribution in [0.2, 0.25) is 0 Å². The second kappa shape index (κ2) is 9.45. The average Bonchev–Trinajstić information content (AvgIpc) is 3.73. The summed E-state index contributed by atoms with van der Waals surface area (Å²) in [6, 6.07) is 22.3. The second-order valence-corrected chi connectivity index (χ2v) is 11.3. The van der Waals surface area contributed by atoms with Crippen molar-refractivity contribution in [1.82, 2.24) is 0 Å². The molecule has 4 aromatic rings. The highest BCUT2D eigenvalue weighted by Crippen LogP contribution is 2.58. The maximum atomic E-state index is 15.0. The van der Waals surface area contributed by atoms with Crippen LogP contribution in [-0.2, 0) is 10.2 Å². The largest absolute Gasteiger partial charge is 0.497 e. The third-order valence-corrected chi connectivity index (χ3v) is 9.41. The number of ether oxygens (including phenoxy) is 2. The number of ketones is 2. The number of nitrogens with one attached hydrogen (secondary N) is 1. The first-order valence-corrected chi connectivity index (χ1v) is 14.2. The minimum absolute atomic E-state index is 0.204. The number of Topliss-reactive ketones (excluding diaryl/α,β-unsaturated/α-hetero) is 2. The first-order valence-electron chi connectivity index (χ1n) is 13.3. The first-order chi connectivity index (χ1) is 20.0. The van der Waals surface area contributed by atoms with E-state index in [2.05, 4.69) is 5.32 Å². The molecule has 3 aromatic carbocycles. The number of amides is 1. The fourth-order valence-corrected chi connectivity index (χ4v) is 7.56. The van der Waals surface area contributed by atoms with Crippen molar-refractivity contribution in [3.05, 3.63) is 112 Å². The fourth-order valence-electron chi connectivity index (χ4n) is 6.86. The Morgan fingerprint density at radius 3 is 2.51 bits per heavy atom. The molecular formula is C33H26N2O5S. The number of anilines is 2. The Labute approximate surface area is 241 Å². The van der Waals surface area contributed by atoms with Crippen LogP contribution in [0.5, 0.6) is 11.5 Å². The van der Waals surface area contributed by atoms with E-state index < -0.39 is 23.4 Å². The standard InChI is InChI=1S/C33H26N2O5S/c1-39-20-14-15-25(40-2)21(18-20)30(36)28-29(31(37)26-12-7-17-41-26)35-24-11-6-3-8-19(24)13-16-27(35)33(28)22-9-4-5-10-23(22)34-32(33)38/h3-18,27-29H,1-2H3,(H,34,38)/t27-,28-,29+,33-/m0/s1. The van der Waals surface area contributed by atoms with Gasteiger partial charge in [-0.2, -0.15) is 0 Å².